The van der Waals surface area contributed by atoms with E-state index in [0.29, 0.717) is 10.8 Å². The zero-order chi connectivity index (χ0) is 13.9. The summed E-state index contributed by atoms with van der Waals surface area (Å²) in [4.78, 5) is 8.74. The molecule has 0 bridgehead atoms. The summed E-state index contributed by atoms with van der Waals surface area (Å²) in [6.07, 6.45) is 1.66. The van der Waals surface area contributed by atoms with Gasteiger partial charge in [0.25, 0.3) is 0 Å². The Morgan fingerprint density at radius 1 is 1.15 bits per heavy atom. The van der Waals surface area contributed by atoms with Gasteiger partial charge in [-0.1, -0.05) is 18.2 Å². The molecule has 4 nitrogen and oxygen atoms in total. The van der Waals surface area contributed by atoms with Crippen LogP contribution < -0.4 is 0 Å². The molecule has 0 saturated heterocycles. The van der Waals surface area contributed by atoms with Crippen LogP contribution in [0.1, 0.15) is 12.7 Å². The fourth-order valence-electron chi connectivity index (χ4n) is 2.26. The second-order valence-electron chi connectivity index (χ2n) is 4.42. The fourth-order valence-corrected chi connectivity index (χ4v) is 3.27. The summed E-state index contributed by atoms with van der Waals surface area (Å²) in [5, 5.41) is 0.599. The highest BCUT2D eigenvalue weighted by Gasteiger charge is 2.18. The molecule has 0 amide bonds. The van der Waals surface area contributed by atoms with E-state index in [0.717, 1.165) is 23.4 Å². The molecule has 0 spiro atoms. The van der Waals surface area contributed by atoms with Gasteiger partial charge in [-0.15, -0.1) is 0 Å². The summed E-state index contributed by atoms with van der Waals surface area (Å²) in [5.74, 6) is 1.23. The first kappa shape index (κ1) is 13.1. The molecule has 0 fully saturated rings. The zero-order valence-corrected chi connectivity index (χ0v) is 12.0. The molecule has 0 aliphatic heterocycles. The van der Waals surface area contributed by atoms with E-state index in [2.05, 4.69) is 21.5 Å². The molecule has 1 atom stereocenters. The van der Waals surface area contributed by atoms with Crippen LogP contribution >= 0.6 is 0 Å². The molecule has 0 radical (unpaired) electrons. The van der Waals surface area contributed by atoms with Crippen molar-refractivity contribution in [2.45, 2.75) is 24.2 Å². The highest BCUT2D eigenvalue weighted by Crippen LogP contribution is 2.19. The molecule has 2 aromatic heterocycles. The number of aromatic nitrogens is 3. The van der Waals surface area contributed by atoms with Crippen molar-refractivity contribution in [3.05, 3.63) is 54.5 Å². The third-order valence-corrected chi connectivity index (χ3v) is 4.41. The molecule has 2 heterocycles. The number of para-hydroxylation sites is 2. The number of rotatable bonds is 4. The number of benzene rings is 1. The van der Waals surface area contributed by atoms with Gasteiger partial charge in [-0.25, -0.2) is 9.97 Å². The van der Waals surface area contributed by atoms with Crippen LogP contribution in [0.15, 0.2) is 53.7 Å². The molecule has 20 heavy (non-hydrogen) atoms. The lowest BCUT2D eigenvalue weighted by atomic mass is 10.3. The third-order valence-electron chi connectivity index (χ3n) is 3.18. The van der Waals surface area contributed by atoms with Crippen molar-refractivity contribution >= 4 is 22.2 Å². The number of nitrogens with zero attached hydrogens (tertiary/aromatic N) is 3. The average Bonchev–Trinajstić information content (AvgIpc) is 2.85. The maximum Gasteiger partial charge on any atom is 0.244 e. The van der Waals surface area contributed by atoms with E-state index in [4.69, 9.17) is 0 Å². The van der Waals surface area contributed by atoms with Crippen molar-refractivity contribution in [1.29, 1.82) is 0 Å². The van der Waals surface area contributed by atoms with Gasteiger partial charge in [0.2, 0.25) is 5.03 Å². The van der Waals surface area contributed by atoms with Crippen molar-refractivity contribution in [1.82, 2.24) is 14.5 Å². The van der Waals surface area contributed by atoms with Gasteiger partial charge in [0.1, 0.15) is 0 Å². The number of hydrogen-bond donors (Lipinski definition) is 0. The molecular formula is C15H15N3OS. The number of pyridine rings is 1. The lowest BCUT2D eigenvalue weighted by molar-refractivity contribution is 0.586. The Morgan fingerprint density at radius 3 is 2.70 bits per heavy atom. The lowest BCUT2D eigenvalue weighted by Crippen LogP contribution is -2.11. The van der Waals surface area contributed by atoms with E-state index in [-0.39, 0.29) is 0 Å². The molecule has 0 saturated carbocycles. The summed E-state index contributed by atoms with van der Waals surface area (Å²) in [6.45, 7) is 2.89. The van der Waals surface area contributed by atoms with Gasteiger partial charge in [0.15, 0.2) is 11.6 Å². The average molecular weight is 285 g/mol. The maximum absolute atomic E-state index is 12.4. The molecule has 3 rings (SSSR count). The van der Waals surface area contributed by atoms with Crippen LogP contribution in [0.3, 0.4) is 0 Å². The number of hydrogen-bond acceptors (Lipinski definition) is 3. The zero-order valence-electron chi connectivity index (χ0n) is 11.2. The molecule has 1 aromatic carbocycles. The Bertz CT molecular complexity index is 711. The van der Waals surface area contributed by atoms with E-state index in [1.807, 2.05) is 36.4 Å². The monoisotopic (exact) mass is 285 g/mol. The molecule has 3 aromatic rings. The van der Waals surface area contributed by atoms with Crippen LogP contribution in [-0.4, -0.2) is 19.1 Å². The molecule has 0 aliphatic carbocycles. The molecule has 102 valence electrons. The first-order valence-electron chi connectivity index (χ1n) is 6.53. The standard InChI is InChI=1S/C15H15N3OS/c1-2-18-13-8-4-3-7-12(13)17-14(18)11-20(19)15-9-5-6-10-16-15/h3-10H,2,11H2,1H3. The lowest BCUT2D eigenvalue weighted by Gasteiger charge is -2.10. The quantitative estimate of drug-likeness (QED) is 0.693. The SMILES string of the molecule is CCn1c(C[S+]([O-])c2ccccn2)nc2ccccc21. The van der Waals surface area contributed by atoms with E-state index in [1.54, 1.807) is 12.3 Å². The highest BCUT2D eigenvalue weighted by atomic mass is 32.2. The van der Waals surface area contributed by atoms with Crippen LogP contribution in [-0.2, 0) is 23.5 Å². The normalized spacial score (nSPS) is 12.7. The van der Waals surface area contributed by atoms with Gasteiger partial charge in [-0.05, 0) is 25.1 Å². The predicted octanol–water partition coefficient (Wildman–Crippen LogP) is 2.76. The molecule has 0 aliphatic rings. The third kappa shape index (κ3) is 2.42. The Morgan fingerprint density at radius 2 is 1.95 bits per heavy atom. The van der Waals surface area contributed by atoms with Gasteiger partial charge in [-0.2, -0.15) is 0 Å². The van der Waals surface area contributed by atoms with E-state index in [1.165, 1.54) is 0 Å². The summed E-state index contributed by atoms with van der Waals surface area (Å²) in [6, 6.07) is 13.4. The Labute approximate surface area is 120 Å². The van der Waals surface area contributed by atoms with Crippen LogP contribution in [0.2, 0.25) is 0 Å². The molecule has 0 N–H and O–H groups in total. The van der Waals surface area contributed by atoms with Gasteiger partial charge in [0.05, 0.1) is 11.0 Å². The summed E-state index contributed by atoms with van der Waals surface area (Å²) < 4.78 is 14.5. The Hall–Kier alpha value is -1.85. The molecular weight excluding hydrogens is 270 g/mol. The van der Waals surface area contributed by atoms with E-state index >= 15 is 0 Å². The topological polar surface area (TPSA) is 53.8 Å². The van der Waals surface area contributed by atoms with Gasteiger partial charge in [-0.3, -0.25) is 0 Å². The minimum atomic E-state index is -1.17. The van der Waals surface area contributed by atoms with Crippen LogP contribution in [0.4, 0.5) is 0 Å². The summed E-state index contributed by atoms with van der Waals surface area (Å²) in [7, 11) is 0. The largest absolute Gasteiger partial charge is 0.610 e. The van der Waals surface area contributed by atoms with E-state index < -0.39 is 11.2 Å². The van der Waals surface area contributed by atoms with Crippen molar-refractivity contribution in [3.63, 3.8) is 0 Å². The predicted molar refractivity (Wildman–Crippen MR) is 79.8 cm³/mol. The minimum Gasteiger partial charge on any atom is -0.610 e. The van der Waals surface area contributed by atoms with E-state index in [9.17, 15) is 4.55 Å². The van der Waals surface area contributed by atoms with Gasteiger partial charge >= 0.3 is 0 Å². The summed E-state index contributed by atoms with van der Waals surface area (Å²) >= 11 is -1.17. The highest BCUT2D eigenvalue weighted by molar-refractivity contribution is 7.90. The van der Waals surface area contributed by atoms with Crippen molar-refractivity contribution in [2.75, 3.05) is 0 Å². The Kier molecular flexibility index (Phi) is 3.71. The van der Waals surface area contributed by atoms with Crippen LogP contribution in [0.25, 0.3) is 11.0 Å². The van der Waals surface area contributed by atoms with Gasteiger partial charge < -0.3 is 9.12 Å². The van der Waals surface area contributed by atoms with Gasteiger partial charge in [0, 0.05) is 30.0 Å². The first-order valence-corrected chi connectivity index (χ1v) is 7.85. The Balaban J connectivity index is 1.94. The number of imidazole rings is 1. The van der Waals surface area contributed by atoms with Crippen molar-refractivity contribution < 1.29 is 4.55 Å². The molecule has 5 heteroatoms. The van der Waals surface area contributed by atoms with Crippen LogP contribution in [0.5, 0.6) is 0 Å². The fraction of sp³-hybridized carbons (Fsp3) is 0.200. The maximum atomic E-state index is 12.4. The minimum absolute atomic E-state index is 0.388. The second kappa shape index (κ2) is 5.64. The number of aryl methyl sites for hydroxylation is 1. The summed E-state index contributed by atoms with van der Waals surface area (Å²) in [5.41, 5.74) is 2.03. The van der Waals surface area contributed by atoms with Crippen LogP contribution in [0, 0.1) is 0 Å². The number of fused-ring (bicyclic) bond motifs is 1. The molecule has 1 unspecified atom stereocenters. The van der Waals surface area contributed by atoms with Crippen molar-refractivity contribution in [2.24, 2.45) is 0 Å². The first-order chi connectivity index (χ1) is 9.79. The van der Waals surface area contributed by atoms with Crippen molar-refractivity contribution in [3.8, 4) is 0 Å². The second-order valence-corrected chi connectivity index (χ2v) is 5.82. The smallest absolute Gasteiger partial charge is 0.244 e.